The van der Waals surface area contributed by atoms with Crippen LogP contribution in [0.25, 0.3) is 11.3 Å². The number of aromatic nitrogens is 1. The minimum Gasteiger partial charge on any atom is -0.384 e. The topological polar surface area (TPSA) is 102 Å². The van der Waals surface area contributed by atoms with E-state index in [0.717, 1.165) is 16.9 Å². The third kappa shape index (κ3) is 6.12. The SMILES string of the molecule is COCCS(=O)(=O)c1ccc(CC(=O)Nc2nc(-c3ccccc3)c(C(=O)c3ccccc3)s2)cc1. The number of benzene rings is 3. The Hall–Kier alpha value is -3.66. The van der Waals surface area contributed by atoms with Crippen molar-refractivity contribution in [3.8, 4) is 11.3 Å². The van der Waals surface area contributed by atoms with E-state index in [9.17, 15) is 18.0 Å². The molecule has 4 aromatic rings. The van der Waals surface area contributed by atoms with Crippen LogP contribution in [0.5, 0.6) is 0 Å². The predicted molar refractivity (Wildman–Crippen MR) is 140 cm³/mol. The zero-order valence-electron chi connectivity index (χ0n) is 19.5. The van der Waals surface area contributed by atoms with E-state index in [2.05, 4.69) is 10.3 Å². The molecule has 4 rings (SSSR count). The number of nitrogens with zero attached hydrogens (tertiary/aromatic N) is 1. The Labute approximate surface area is 213 Å². The molecule has 0 unspecified atom stereocenters. The first-order valence-electron chi connectivity index (χ1n) is 11.1. The molecule has 0 bridgehead atoms. The predicted octanol–water partition coefficient (Wildman–Crippen LogP) is 4.64. The Morgan fingerprint density at radius 2 is 1.56 bits per heavy atom. The molecule has 0 atom stereocenters. The molecule has 1 heterocycles. The van der Waals surface area contributed by atoms with Gasteiger partial charge in [-0.25, -0.2) is 13.4 Å². The van der Waals surface area contributed by atoms with Crippen molar-refractivity contribution >= 4 is 38.0 Å². The normalized spacial score (nSPS) is 11.2. The first-order chi connectivity index (χ1) is 17.4. The summed E-state index contributed by atoms with van der Waals surface area (Å²) in [6.45, 7) is 0.111. The molecule has 0 spiro atoms. The lowest BCUT2D eigenvalue weighted by Gasteiger charge is -2.06. The fourth-order valence-electron chi connectivity index (χ4n) is 3.51. The van der Waals surface area contributed by atoms with E-state index in [4.69, 9.17) is 4.74 Å². The summed E-state index contributed by atoms with van der Waals surface area (Å²) in [5.74, 6) is -0.601. The average Bonchev–Trinajstić information content (AvgIpc) is 3.32. The number of thiazole rings is 1. The van der Waals surface area contributed by atoms with Crippen LogP contribution in [0, 0.1) is 0 Å². The summed E-state index contributed by atoms with van der Waals surface area (Å²) in [5.41, 5.74) is 2.48. The van der Waals surface area contributed by atoms with E-state index in [0.29, 0.717) is 26.8 Å². The van der Waals surface area contributed by atoms with Gasteiger partial charge in [0.1, 0.15) is 4.88 Å². The highest BCUT2D eigenvalue weighted by molar-refractivity contribution is 7.91. The van der Waals surface area contributed by atoms with Gasteiger partial charge in [-0.1, -0.05) is 84.1 Å². The van der Waals surface area contributed by atoms with E-state index in [1.807, 2.05) is 36.4 Å². The van der Waals surface area contributed by atoms with Crippen LogP contribution < -0.4 is 5.32 Å². The number of ketones is 1. The second-order valence-corrected chi connectivity index (χ2v) is 11.0. The highest BCUT2D eigenvalue weighted by Crippen LogP contribution is 2.33. The Morgan fingerprint density at radius 1 is 0.917 bits per heavy atom. The average molecular weight is 521 g/mol. The summed E-state index contributed by atoms with van der Waals surface area (Å²) in [5, 5.41) is 3.10. The van der Waals surface area contributed by atoms with Gasteiger partial charge < -0.3 is 10.1 Å². The van der Waals surface area contributed by atoms with Gasteiger partial charge in [-0.3, -0.25) is 9.59 Å². The number of anilines is 1. The summed E-state index contributed by atoms with van der Waals surface area (Å²) >= 11 is 1.13. The number of methoxy groups -OCH3 is 1. The molecular weight excluding hydrogens is 496 g/mol. The maximum Gasteiger partial charge on any atom is 0.230 e. The van der Waals surface area contributed by atoms with Gasteiger partial charge in [-0.2, -0.15) is 0 Å². The van der Waals surface area contributed by atoms with Crippen LogP contribution >= 0.6 is 11.3 Å². The third-order valence-corrected chi connectivity index (χ3v) is 8.03. The largest absolute Gasteiger partial charge is 0.384 e. The molecule has 7 nitrogen and oxygen atoms in total. The molecule has 0 saturated carbocycles. The number of hydrogen-bond donors (Lipinski definition) is 1. The number of sulfone groups is 1. The molecule has 0 fully saturated rings. The van der Waals surface area contributed by atoms with Crippen LogP contribution in [-0.4, -0.2) is 44.6 Å². The van der Waals surface area contributed by atoms with Gasteiger partial charge in [0.05, 0.1) is 29.4 Å². The molecule has 0 radical (unpaired) electrons. The van der Waals surface area contributed by atoms with Gasteiger partial charge in [-0.15, -0.1) is 0 Å². The highest BCUT2D eigenvalue weighted by Gasteiger charge is 2.22. The lowest BCUT2D eigenvalue weighted by molar-refractivity contribution is -0.115. The van der Waals surface area contributed by atoms with Crippen molar-refractivity contribution in [2.75, 3.05) is 24.8 Å². The Balaban J connectivity index is 1.52. The monoisotopic (exact) mass is 520 g/mol. The number of amides is 1. The van der Waals surface area contributed by atoms with Crippen molar-refractivity contribution in [3.05, 3.63) is 101 Å². The van der Waals surface area contributed by atoms with Gasteiger partial charge in [0, 0.05) is 18.2 Å². The first kappa shape index (κ1) is 25.4. The van der Waals surface area contributed by atoms with Crippen LogP contribution in [0.1, 0.15) is 20.8 Å². The van der Waals surface area contributed by atoms with Crippen molar-refractivity contribution in [2.45, 2.75) is 11.3 Å². The molecule has 3 aromatic carbocycles. The van der Waals surface area contributed by atoms with E-state index in [-0.39, 0.29) is 35.4 Å². The van der Waals surface area contributed by atoms with Crippen molar-refractivity contribution < 1.29 is 22.7 Å². The van der Waals surface area contributed by atoms with Crippen LogP contribution in [0.4, 0.5) is 5.13 Å². The molecule has 0 aliphatic heterocycles. The van der Waals surface area contributed by atoms with Crippen LogP contribution in [0.2, 0.25) is 0 Å². The Morgan fingerprint density at radius 3 is 2.19 bits per heavy atom. The molecule has 1 amide bonds. The minimum atomic E-state index is -3.44. The van der Waals surface area contributed by atoms with Crippen LogP contribution in [0.15, 0.2) is 89.8 Å². The number of rotatable bonds is 10. The van der Waals surface area contributed by atoms with Crippen molar-refractivity contribution in [1.82, 2.24) is 4.98 Å². The molecule has 1 aromatic heterocycles. The summed E-state index contributed by atoms with van der Waals surface area (Å²) in [7, 11) is -1.99. The third-order valence-electron chi connectivity index (χ3n) is 5.37. The smallest absolute Gasteiger partial charge is 0.230 e. The van der Waals surface area contributed by atoms with Crippen molar-refractivity contribution in [3.63, 3.8) is 0 Å². The Kier molecular flexibility index (Phi) is 8.04. The molecule has 1 N–H and O–H groups in total. The van der Waals surface area contributed by atoms with Gasteiger partial charge >= 0.3 is 0 Å². The standard InChI is InChI=1S/C27H24N2O5S2/c1-34-16-17-36(32,33)22-14-12-19(13-15-22)18-23(30)28-27-29-24(20-8-4-2-5-9-20)26(35-27)25(31)21-10-6-3-7-11-21/h2-15H,16-18H2,1H3,(H,28,29,30). The molecule has 0 aliphatic carbocycles. The van der Waals surface area contributed by atoms with Gasteiger partial charge in [0.2, 0.25) is 11.7 Å². The van der Waals surface area contributed by atoms with E-state index in [1.165, 1.54) is 19.2 Å². The molecule has 184 valence electrons. The highest BCUT2D eigenvalue weighted by atomic mass is 32.2. The van der Waals surface area contributed by atoms with E-state index < -0.39 is 9.84 Å². The summed E-state index contributed by atoms with van der Waals surface area (Å²) in [4.78, 5) is 31.1. The van der Waals surface area contributed by atoms with Crippen molar-refractivity contribution in [2.24, 2.45) is 0 Å². The van der Waals surface area contributed by atoms with Gasteiger partial charge in [0.15, 0.2) is 15.0 Å². The maximum absolute atomic E-state index is 13.2. The molecule has 0 aliphatic rings. The number of carbonyl (C=O) groups is 2. The number of ether oxygens (including phenoxy) is 1. The number of nitrogens with one attached hydrogen (secondary N) is 1. The lowest BCUT2D eigenvalue weighted by Crippen LogP contribution is -2.15. The summed E-state index contributed by atoms with van der Waals surface area (Å²) < 4.78 is 29.4. The fourth-order valence-corrected chi connectivity index (χ4v) is 5.65. The maximum atomic E-state index is 13.2. The first-order valence-corrected chi connectivity index (χ1v) is 13.6. The zero-order valence-corrected chi connectivity index (χ0v) is 21.1. The van der Waals surface area contributed by atoms with Gasteiger partial charge in [-0.05, 0) is 17.7 Å². The van der Waals surface area contributed by atoms with E-state index in [1.54, 1.807) is 36.4 Å². The van der Waals surface area contributed by atoms with E-state index >= 15 is 0 Å². The fraction of sp³-hybridized carbons (Fsp3) is 0.148. The summed E-state index contributed by atoms with van der Waals surface area (Å²) in [6, 6.07) is 24.5. The summed E-state index contributed by atoms with van der Waals surface area (Å²) in [6.07, 6.45) is 0.0284. The Bertz CT molecular complexity index is 1450. The number of hydrogen-bond acceptors (Lipinski definition) is 7. The molecule has 0 saturated heterocycles. The quantitative estimate of drug-likeness (QED) is 0.306. The van der Waals surface area contributed by atoms with Crippen LogP contribution in [-0.2, 0) is 25.8 Å². The minimum absolute atomic E-state index is 0.0284. The second-order valence-electron chi connectivity index (χ2n) is 7.94. The van der Waals surface area contributed by atoms with Gasteiger partial charge in [0.25, 0.3) is 0 Å². The molecule has 36 heavy (non-hydrogen) atoms. The number of carbonyl (C=O) groups excluding carboxylic acids is 2. The zero-order chi connectivity index (χ0) is 25.5. The lowest BCUT2D eigenvalue weighted by atomic mass is 10.1. The van der Waals surface area contributed by atoms with Crippen LogP contribution in [0.3, 0.4) is 0 Å². The second kappa shape index (κ2) is 11.4. The molecule has 9 heteroatoms. The molecular formula is C27H24N2O5S2. The van der Waals surface area contributed by atoms with Crippen molar-refractivity contribution in [1.29, 1.82) is 0 Å².